The minimum Gasteiger partial charge on any atom is -0.495 e. The van der Waals surface area contributed by atoms with Crippen LogP contribution >= 0.6 is 22.7 Å². The van der Waals surface area contributed by atoms with Crippen molar-refractivity contribution >= 4 is 141 Å². The highest BCUT2D eigenvalue weighted by molar-refractivity contribution is 7.16. The third-order valence-electron chi connectivity index (χ3n) is 21.0. The number of ether oxygens (including phenoxy) is 4. The Labute approximate surface area is 703 Å². The molecule has 0 amide bonds. The van der Waals surface area contributed by atoms with Crippen LogP contribution in [0.2, 0.25) is 0 Å². The number of aromatic nitrogens is 12. The van der Waals surface area contributed by atoms with Gasteiger partial charge in [0, 0.05) is 75.0 Å². The van der Waals surface area contributed by atoms with Gasteiger partial charge in [0.2, 0.25) is 0 Å². The fourth-order valence-electron chi connectivity index (χ4n) is 15.1. The minimum atomic E-state index is 0.589. The number of nitrogens with one attached hydrogen (secondary N) is 8. The van der Waals surface area contributed by atoms with Crippen molar-refractivity contribution in [2.75, 3.05) is 49.2 Å². The zero-order chi connectivity index (χ0) is 82.1. The Balaban J connectivity index is 0.000000111. The lowest BCUT2D eigenvalue weighted by Crippen LogP contribution is -2.01. The van der Waals surface area contributed by atoms with E-state index in [9.17, 15) is 0 Å². The quantitative estimate of drug-likeness (QED) is 0.0331. The Hall–Kier alpha value is -15.5. The number of hydrogen-bond acceptors (Lipinski definition) is 21. The molecule has 594 valence electrons. The van der Waals surface area contributed by atoms with E-state index >= 15 is 0 Å². The molecule has 0 bridgehead atoms. The molecule has 0 atom stereocenters. The van der Waals surface area contributed by atoms with Crippen LogP contribution in [-0.4, -0.2) is 94.0 Å². The smallest absolute Gasteiger partial charge is 0.144 e. The van der Waals surface area contributed by atoms with Gasteiger partial charge in [-0.05, 0) is 191 Å². The SMILES string of the molecule is CCOc1ccc(-c2ccccc2)cc1Nc1ncnc2[nH]cc(C3=CCC=C3)c12.COc1ccc(-c2ccc(C#N)s2)cc1Nc1ncnc2[nH]cc(C3=CCC=C3)c12.COc1ccc(-c2ccoc2)cc1Nc1ncnc2[nH]cc(-c3ccc4c(c3)CC=N4)c12.COc1ccc(-c2csc(C)c2)cc1Nc1ncnc2[nH]cc(C3=CCC=C3)c12. The van der Waals surface area contributed by atoms with Crippen LogP contribution in [0.25, 0.3) is 116 Å². The number of fused-ring (bicyclic) bond motifs is 5. The lowest BCUT2D eigenvalue weighted by atomic mass is 10.0. The number of aromatic amines is 4. The first kappa shape index (κ1) is 76.8. The summed E-state index contributed by atoms with van der Waals surface area (Å²) in [4.78, 5) is 56.3. The van der Waals surface area contributed by atoms with Crippen molar-refractivity contribution in [1.29, 1.82) is 5.26 Å². The summed E-state index contributed by atoms with van der Waals surface area (Å²) >= 11 is 3.21. The van der Waals surface area contributed by atoms with Crippen LogP contribution in [0.1, 0.15) is 58.2 Å². The molecule has 0 fully saturated rings. The fraction of sp³-hybridized carbons (Fsp3) is 0.104. The maximum atomic E-state index is 9.13. The predicted octanol–water partition coefficient (Wildman–Crippen LogP) is 23.7. The zero-order valence-electron chi connectivity index (χ0n) is 66.3. The van der Waals surface area contributed by atoms with E-state index in [4.69, 9.17) is 28.6 Å². The lowest BCUT2D eigenvalue weighted by Gasteiger charge is -2.15. The molecular weight excluding hydrogens is 1550 g/mol. The number of nitrogens with zero attached hydrogens (tertiary/aromatic N) is 10. The molecular formula is C96H78N18O5S2. The summed E-state index contributed by atoms with van der Waals surface area (Å²) < 4.78 is 27.9. The van der Waals surface area contributed by atoms with Crippen molar-refractivity contribution < 1.29 is 23.4 Å². The van der Waals surface area contributed by atoms with E-state index in [0.29, 0.717) is 28.9 Å². The second kappa shape index (κ2) is 34.7. The maximum Gasteiger partial charge on any atom is 0.144 e. The normalized spacial score (nSPS) is 12.7. The molecule has 3 aliphatic carbocycles. The Kier molecular flexibility index (Phi) is 22.0. The molecule has 11 aromatic heterocycles. The van der Waals surface area contributed by atoms with Gasteiger partial charge in [0.15, 0.2) is 0 Å². The molecule has 121 heavy (non-hydrogen) atoms. The molecule has 0 saturated heterocycles. The van der Waals surface area contributed by atoms with Gasteiger partial charge in [0.05, 0.1) is 90.4 Å². The number of aryl methyl sites for hydroxylation is 1. The number of aliphatic imine (C=N–C) groups is 1. The summed E-state index contributed by atoms with van der Waals surface area (Å²) in [6.07, 6.45) is 42.6. The average Bonchev–Trinajstić information content (AvgIpc) is 1.67. The number of rotatable bonds is 21. The van der Waals surface area contributed by atoms with Gasteiger partial charge in [0.25, 0.3) is 0 Å². The fourth-order valence-corrected chi connectivity index (χ4v) is 16.6. The molecule has 25 heteroatoms. The number of hydrogen-bond donors (Lipinski definition) is 8. The Morgan fingerprint density at radius 1 is 0.455 bits per heavy atom. The van der Waals surface area contributed by atoms with E-state index in [-0.39, 0.29) is 0 Å². The molecule has 0 unspecified atom stereocenters. The van der Waals surface area contributed by atoms with Gasteiger partial charge in [-0.1, -0.05) is 109 Å². The van der Waals surface area contributed by atoms with Gasteiger partial charge in [-0.25, -0.2) is 39.9 Å². The summed E-state index contributed by atoms with van der Waals surface area (Å²) in [5, 5.41) is 29.0. The Morgan fingerprint density at radius 3 is 1.36 bits per heavy atom. The van der Waals surface area contributed by atoms with Gasteiger partial charge < -0.3 is 64.6 Å². The van der Waals surface area contributed by atoms with Crippen molar-refractivity contribution in [2.24, 2.45) is 4.99 Å². The van der Waals surface area contributed by atoms with Crippen LogP contribution in [-0.2, 0) is 6.42 Å². The van der Waals surface area contributed by atoms with Crippen molar-refractivity contribution in [3.05, 3.63) is 300 Å². The van der Waals surface area contributed by atoms with Gasteiger partial charge >= 0.3 is 0 Å². The van der Waals surface area contributed by atoms with Crippen LogP contribution in [0.3, 0.4) is 0 Å². The first-order chi connectivity index (χ1) is 59.6. The van der Waals surface area contributed by atoms with Gasteiger partial charge in [0.1, 0.15) is 105 Å². The van der Waals surface area contributed by atoms with Crippen molar-refractivity contribution in [1.82, 2.24) is 59.8 Å². The van der Waals surface area contributed by atoms with Crippen LogP contribution in [0.4, 0.5) is 51.7 Å². The summed E-state index contributed by atoms with van der Waals surface area (Å²) in [5.41, 5.74) is 25.3. The predicted molar refractivity (Wildman–Crippen MR) is 487 cm³/mol. The summed E-state index contributed by atoms with van der Waals surface area (Å²) in [7, 11) is 4.98. The van der Waals surface area contributed by atoms with Crippen molar-refractivity contribution in [2.45, 2.75) is 39.5 Å². The zero-order valence-corrected chi connectivity index (χ0v) is 68.0. The Morgan fingerprint density at radius 2 is 0.909 bits per heavy atom. The molecule has 23 nitrogen and oxygen atoms in total. The molecule has 0 saturated carbocycles. The molecule has 1 aliphatic heterocycles. The number of furan rings is 1. The second-order valence-corrected chi connectivity index (χ2v) is 30.5. The highest BCUT2D eigenvalue weighted by Crippen LogP contribution is 2.45. The van der Waals surface area contributed by atoms with Gasteiger partial charge in [-0.3, -0.25) is 4.99 Å². The van der Waals surface area contributed by atoms with E-state index in [1.54, 1.807) is 70.5 Å². The molecule has 6 aromatic carbocycles. The number of thiophene rings is 2. The van der Waals surface area contributed by atoms with Crippen LogP contribution in [0.15, 0.2) is 278 Å². The third kappa shape index (κ3) is 16.2. The first-order valence-corrected chi connectivity index (χ1v) is 40.9. The number of nitriles is 1. The van der Waals surface area contributed by atoms with Crippen LogP contribution in [0.5, 0.6) is 23.0 Å². The molecule has 12 heterocycles. The van der Waals surface area contributed by atoms with Gasteiger partial charge in [-0.15, -0.1) is 22.7 Å². The molecule has 17 aromatic rings. The van der Waals surface area contributed by atoms with E-state index in [1.807, 2.05) is 123 Å². The number of H-pyrrole nitrogens is 4. The van der Waals surface area contributed by atoms with Gasteiger partial charge in [-0.2, -0.15) is 5.26 Å². The van der Waals surface area contributed by atoms with E-state index in [0.717, 1.165) is 199 Å². The standard InChI is InChI=1S/C25H19N5O2.C25H22N4O.C23H17N5OS.C23H20N4OS/c1-31-22-5-3-15(18-7-9-32-13-18)11-21(22)30-25-23-19(12-27-24(23)28-14-29-25)16-2-4-20-17(10-16)6-8-26-20;1-2-30-22-13-12-19(17-8-4-3-5-9-17)14-21(22)29-25-23-20(18-10-6-7-11-18)15-26-24(23)27-16-28-25;1-29-19-8-6-15(20-9-7-16(11-24)30-20)10-18(19)28-23-21-17(14-4-2-3-5-14)12-25-22(21)26-13-27-23;1-14-9-17(12-29-14)16-7-8-20(28-2)19(10-16)27-23-21-18(15-5-3-4-6-15)11-24-22(21)25-13-26-23/h2-5,7-14H,6H2,1H3,(H2,27,28,29,30);3-6,8-16H,2,7H2,1H3,(H2,26,27,28,29);2,4-10,12-13H,3H2,1H3,(H2,25,26,27,28);3,5-13H,4H2,1-2H3,(H2,24,25,26,27). The van der Waals surface area contributed by atoms with Crippen molar-refractivity contribution in [3.8, 4) is 84.0 Å². The largest absolute Gasteiger partial charge is 0.495 e. The van der Waals surface area contributed by atoms with Crippen molar-refractivity contribution in [3.63, 3.8) is 0 Å². The highest BCUT2D eigenvalue weighted by atomic mass is 32.1. The third-order valence-corrected chi connectivity index (χ3v) is 22.9. The summed E-state index contributed by atoms with van der Waals surface area (Å²) in [6, 6.07) is 51.0. The average molecular weight is 1630 g/mol. The molecule has 0 spiro atoms. The molecule has 8 N–H and O–H groups in total. The number of benzene rings is 6. The van der Waals surface area contributed by atoms with E-state index in [1.165, 1.54) is 38.5 Å². The second-order valence-electron chi connectivity index (χ2n) is 28.3. The molecule has 0 radical (unpaired) electrons. The molecule has 4 aliphatic rings. The number of methoxy groups -OCH3 is 3. The highest BCUT2D eigenvalue weighted by Gasteiger charge is 2.23. The number of anilines is 8. The summed E-state index contributed by atoms with van der Waals surface area (Å²) in [5.74, 6) is 5.90. The monoisotopic (exact) mass is 1630 g/mol. The topological polar surface area (TPSA) is 301 Å². The lowest BCUT2D eigenvalue weighted by molar-refractivity contribution is 0.342. The number of allylic oxidation sites excluding steroid dienone is 12. The first-order valence-electron chi connectivity index (χ1n) is 39.2. The minimum absolute atomic E-state index is 0.589. The van der Waals surface area contributed by atoms with E-state index in [2.05, 4.69) is 220 Å². The molecule has 21 rings (SSSR count). The Bertz CT molecular complexity index is 7010. The maximum absolute atomic E-state index is 9.13. The summed E-state index contributed by atoms with van der Waals surface area (Å²) in [6.45, 7) is 4.70. The van der Waals surface area contributed by atoms with E-state index < -0.39 is 0 Å². The van der Waals surface area contributed by atoms with Crippen LogP contribution < -0.4 is 40.2 Å². The van der Waals surface area contributed by atoms with Crippen LogP contribution in [0, 0.1) is 18.3 Å².